The number of ether oxygens (including phenoxy) is 5. The lowest BCUT2D eigenvalue weighted by Gasteiger charge is -2.33. The van der Waals surface area contributed by atoms with E-state index < -0.39 is 0 Å². The second-order valence-electron chi connectivity index (χ2n) is 10.1. The van der Waals surface area contributed by atoms with E-state index in [1.165, 1.54) is 12.8 Å². The molecule has 0 spiro atoms. The topological polar surface area (TPSA) is 78.4 Å². The number of hydrogen-bond donors (Lipinski definition) is 0. The molecule has 41 heavy (non-hydrogen) atoms. The summed E-state index contributed by atoms with van der Waals surface area (Å²) in [6.07, 6.45) is 7.14. The monoisotopic (exact) mass is 594 g/mol. The normalized spacial score (nSPS) is 16.4. The number of anilines is 3. The zero-order valence-corrected chi connectivity index (χ0v) is 24.9. The molecular formula is C30H34N4O5S2. The standard InChI is InChI=1S/C30H34N4O5S2/c1-35-26-8-6-23(12-28(26)38-16-21-3-4-21)34(30-14-32-19-41-30)20-33(15-25-13-31-18-40-25)22-5-7-27(36-2)29(11-22)39-24-9-10-37-17-24/h5-8,11-14,18-19,21,24H,3-4,9-10,15-17,20H2,1-2H3/t24-/m1/s1. The summed E-state index contributed by atoms with van der Waals surface area (Å²) in [5.74, 6) is 3.52. The molecule has 0 bridgehead atoms. The van der Waals surface area contributed by atoms with Crippen LogP contribution in [0.3, 0.4) is 0 Å². The van der Waals surface area contributed by atoms with Gasteiger partial charge in [-0.25, -0.2) is 0 Å². The quantitative estimate of drug-likeness (QED) is 0.155. The van der Waals surface area contributed by atoms with Crippen molar-refractivity contribution in [3.63, 3.8) is 0 Å². The SMILES string of the molecule is COc1ccc(N(CN(Cc2cncs2)c2ccc(OC)c(O[C@@H]3CCOC3)c2)c2cncs2)cc1OCC1CC1. The molecule has 1 aliphatic heterocycles. The van der Waals surface area contributed by atoms with E-state index in [9.17, 15) is 0 Å². The van der Waals surface area contributed by atoms with Gasteiger partial charge in [0.2, 0.25) is 0 Å². The summed E-state index contributed by atoms with van der Waals surface area (Å²) in [4.78, 5) is 14.4. The maximum Gasteiger partial charge on any atom is 0.163 e. The Bertz CT molecular complexity index is 1390. The fraction of sp³-hybridized carbons (Fsp3) is 0.400. The Labute approximate surface area is 248 Å². The summed E-state index contributed by atoms with van der Waals surface area (Å²) in [6.45, 7) is 3.22. The van der Waals surface area contributed by atoms with Crippen molar-refractivity contribution in [2.75, 3.05) is 50.5 Å². The largest absolute Gasteiger partial charge is 0.493 e. The second-order valence-corrected chi connectivity index (χ2v) is 11.9. The third kappa shape index (κ3) is 6.86. The lowest BCUT2D eigenvalue weighted by atomic mass is 10.2. The predicted octanol–water partition coefficient (Wildman–Crippen LogP) is 6.38. The van der Waals surface area contributed by atoms with Crippen LogP contribution in [-0.4, -0.2) is 56.8 Å². The lowest BCUT2D eigenvalue weighted by molar-refractivity contribution is 0.138. The third-order valence-electron chi connectivity index (χ3n) is 7.15. The molecule has 11 heteroatoms. The molecule has 0 unspecified atom stereocenters. The van der Waals surface area contributed by atoms with Gasteiger partial charge in [-0.2, -0.15) is 0 Å². The van der Waals surface area contributed by atoms with Crippen LogP contribution in [0.5, 0.6) is 23.0 Å². The fourth-order valence-electron chi connectivity index (χ4n) is 4.70. The van der Waals surface area contributed by atoms with E-state index in [4.69, 9.17) is 23.7 Å². The zero-order chi connectivity index (χ0) is 28.0. The average Bonchev–Trinajstić information content (AvgIpc) is 3.41. The van der Waals surface area contributed by atoms with Gasteiger partial charge in [-0.3, -0.25) is 9.97 Å². The first-order valence-electron chi connectivity index (χ1n) is 13.7. The van der Waals surface area contributed by atoms with Gasteiger partial charge in [0.15, 0.2) is 23.0 Å². The summed E-state index contributed by atoms with van der Waals surface area (Å²) >= 11 is 3.23. The van der Waals surface area contributed by atoms with Crippen molar-refractivity contribution in [3.05, 3.63) is 64.7 Å². The summed E-state index contributed by atoms with van der Waals surface area (Å²) in [5.41, 5.74) is 5.71. The highest BCUT2D eigenvalue weighted by molar-refractivity contribution is 7.13. The van der Waals surface area contributed by atoms with Crippen LogP contribution in [0.1, 0.15) is 24.1 Å². The first kappa shape index (κ1) is 27.6. The van der Waals surface area contributed by atoms with Gasteiger partial charge in [0.05, 0.1) is 64.5 Å². The zero-order valence-electron chi connectivity index (χ0n) is 23.2. The Morgan fingerprint density at radius 3 is 2.32 bits per heavy atom. The molecule has 9 nitrogen and oxygen atoms in total. The highest BCUT2D eigenvalue weighted by Gasteiger charge is 2.25. The predicted molar refractivity (Wildman–Crippen MR) is 161 cm³/mol. The van der Waals surface area contributed by atoms with Crippen molar-refractivity contribution in [2.45, 2.75) is 31.9 Å². The Kier molecular flexibility index (Phi) is 8.74. The summed E-state index contributed by atoms with van der Waals surface area (Å²) in [6, 6.07) is 12.2. The molecule has 216 valence electrons. The number of rotatable bonds is 14. The van der Waals surface area contributed by atoms with Crippen molar-refractivity contribution < 1.29 is 23.7 Å². The Hall–Kier alpha value is -3.54. The molecule has 1 saturated carbocycles. The van der Waals surface area contributed by atoms with Crippen LogP contribution in [0, 0.1) is 5.92 Å². The van der Waals surface area contributed by atoms with Crippen molar-refractivity contribution >= 4 is 39.0 Å². The third-order valence-corrected chi connectivity index (χ3v) is 8.71. The van der Waals surface area contributed by atoms with Gasteiger partial charge in [0.25, 0.3) is 0 Å². The van der Waals surface area contributed by atoms with Crippen molar-refractivity contribution in [3.8, 4) is 23.0 Å². The highest BCUT2D eigenvalue weighted by atomic mass is 32.1. The van der Waals surface area contributed by atoms with Gasteiger partial charge >= 0.3 is 0 Å². The minimum absolute atomic E-state index is 0.0103. The minimum atomic E-state index is 0.0103. The van der Waals surface area contributed by atoms with Crippen LogP contribution in [0.25, 0.3) is 0 Å². The minimum Gasteiger partial charge on any atom is -0.493 e. The van der Waals surface area contributed by atoms with Crippen LogP contribution >= 0.6 is 22.7 Å². The molecule has 2 aliphatic rings. The maximum absolute atomic E-state index is 6.34. The van der Waals surface area contributed by atoms with Gasteiger partial charge in [-0.15, -0.1) is 22.7 Å². The molecule has 4 aromatic rings. The Morgan fingerprint density at radius 2 is 1.63 bits per heavy atom. The van der Waals surface area contributed by atoms with E-state index in [0.717, 1.165) is 39.2 Å². The summed E-state index contributed by atoms with van der Waals surface area (Å²) in [5, 5.41) is 1.02. The van der Waals surface area contributed by atoms with Gasteiger partial charge in [0.1, 0.15) is 11.1 Å². The van der Waals surface area contributed by atoms with Crippen LogP contribution in [0.2, 0.25) is 0 Å². The molecule has 0 N–H and O–H groups in total. The van der Waals surface area contributed by atoms with Gasteiger partial charge < -0.3 is 33.5 Å². The van der Waals surface area contributed by atoms with E-state index >= 15 is 0 Å². The molecule has 0 radical (unpaired) electrons. The van der Waals surface area contributed by atoms with E-state index in [2.05, 4.69) is 44.0 Å². The summed E-state index contributed by atoms with van der Waals surface area (Å²) < 4.78 is 29.4. The van der Waals surface area contributed by atoms with E-state index in [0.29, 0.717) is 50.5 Å². The average molecular weight is 595 g/mol. The van der Waals surface area contributed by atoms with Gasteiger partial charge in [-0.1, -0.05) is 0 Å². The van der Waals surface area contributed by atoms with Crippen LogP contribution in [0.4, 0.5) is 16.4 Å². The fourth-order valence-corrected chi connectivity index (χ4v) is 5.95. The van der Waals surface area contributed by atoms with Gasteiger partial charge in [-0.05, 0) is 43.0 Å². The number of hydrogen-bond acceptors (Lipinski definition) is 11. The molecule has 1 saturated heterocycles. The highest BCUT2D eigenvalue weighted by Crippen LogP contribution is 2.39. The summed E-state index contributed by atoms with van der Waals surface area (Å²) in [7, 11) is 3.35. The number of methoxy groups -OCH3 is 2. The van der Waals surface area contributed by atoms with Crippen molar-refractivity contribution in [1.29, 1.82) is 0 Å². The molecule has 1 atom stereocenters. The molecular weight excluding hydrogens is 560 g/mol. The number of thiazole rings is 2. The van der Waals surface area contributed by atoms with Gasteiger partial charge in [0, 0.05) is 41.0 Å². The second kappa shape index (κ2) is 13.0. The molecule has 1 aliphatic carbocycles. The van der Waals surface area contributed by atoms with E-state index in [1.807, 2.05) is 35.5 Å². The van der Waals surface area contributed by atoms with Crippen LogP contribution in [-0.2, 0) is 11.3 Å². The van der Waals surface area contributed by atoms with E-state index in [-0.39, 0.29) is 6.10 Å². The molecule has 3 heterocycles. The Morgan fingerprint density at radius 1 is 0.878 bits per heavy atom. The van der Waals surface area contributed by atoms with E-state index in [1.54, 1.807) is 36.9 Å². The Balaban J connectivity index is 1.34. The number of benzene rings is 2. The van der Waals surface area contributed by atoms with Crippen molar-refractivity contribution in [1.82, 2.24) is 9.97 Å². The number of nitrogens with zero attached hydrogens (tertiary/aromatic N) is 4. The molecule has 2 aromatic carbocycles. The molecule has 2 aromatic heterocycles. The molecule has 2 fully saturated rings. The van der Waals surface area contributed by atoms with Crippen molar-refractivity contribution in [2.24, 2.45) is 5.92 Å². The van der Waals surface area contributed by atoms with Crippen LogP contribution < -0.4 is 28.7 Å². The molecule has 0 amide bonds. The smallest absolute Gasteiger partial charge is 0.163 e. The lowest BCUT2D eigenvalue weighted by Crippen LogP contribution is -2.34. The first-order valence-corrected chi connectivity index (χ1v) is 15.5. The van der Waals surface area contributed by atoms with Crippen LogP contribution in [0.15, 0.2) is 59.8 Å². The first-order chi connectivity index (χ1) is 20.2. The maximum atomic E-state index is 6.34. The molecule has 6 rings (SSSR count). The number of aromatic nitrogens is 2.